The van der Waals surface area contributed by atoms with Gasteiger partial charge in [-0.1, -0.05) is 25.0 Å². The number of fused-ring (bicyclic) bond motifs is 2. The van der Waals surface area contributed by atoms with Gasteiger partial charge in [-0.3, -0.25) is 0 Å². The van der Waals surface area contributed by atoms with Gasteiger partial charge in [0.1, 0.15) is 0 Å². The molecule has 0 saturated carbocycles. The molecular formula is C14H24O. The molecule has 15 heavy (non-hydrogen) atoms. The molecular weight excluding hydrogens is 184 g/mol. The monoisotopic (exact) mass is 208 g/mol. The van der Waals surface area contributed by atoms with Gasteiger partial charge in [0.25, 0.3) is 0 Å². The predicted octanol–water partition coefficient (Wildman–Crippen LogP) is 3.94. The van der Waals surface area contributed by atoms with Crippen LogP contribution in [0.5, 0.6) is 0 Å². The average molecular weight is 208 g/mol. The minimum absolute atomic E-state index is 0.0908. The van der Waals surface area contributed by atoms with E-state index in [4.69, 9.17) is 4.74 Å². The second-order valence-electron chi connectivity index (χ2n) is 5.77. The van der Waals surface area contributed by atoms with Crippen molar-refractivity contribution in [1.82, 2.24) is 0 Å². The fraction of sp³-hybridized carbons (Fsp3) is 0.857. The Morgan fingerprint density at radius 3 is 2.87 bits per heavy atom. The third kappa shape index (κ3) is 1.99. The molecule has 0 amide bonds. The first kappa shape index (κ1) is 11.2. The molecule has 1 unspecified atom stereocenters. The van der Waals surface area contributed by atoms with Crippen LogP contribution >= 0.6 is 0 Å². The maximum Gasteiger partial charge on any atom is 0.0661 e. The zero-order chi connectivity index (χ0) is 11.1. The van der Waals surface area contributed by atoms with Crippen LogP contribution < -0.4 is 0 Å². The Balaban J connectivity index is 2.20. The van der Waals surface area contributed by atoms with Crippen LogP contribution in [-0.4, -0.2) is 11.7 Å². The third-order valence-corrected chi connectivity index (χ3v) is 4.31. The van der Waals surface area contributed by atoms with Crippen LogP contribution in [0.2, 0.25) is 0 Å². The number of ether oxygens (including phenoxy) is 1. The van der Waals surface area contributed by atoms with Crippen LogP contribution in [0.15, 0.2) is 11.6 Å². The lowest BCUT2D eigenvalue weighted by atomic mass is 9.69. The molecule has 86 valence electrons. The molecule has 3 atom stereocenters. The van der Waals surface area contributed by atoms with Gasteiger partial charge in [-0.15, -0.1) is 0 Å². The van der Waals surface area contributed by atoms with Crippen LogP contribution in [0.25, 0.3) is 0 Å². The Hall–Kier alpha value is -0.300. The van der Waals surface area contributed by atoms with Crippen molar-refractivity contribution in [3.8, 4) is 0 Å². The van der Waals surface area contributed by atoms with Gasteiger partial charge in [-0.2, -0.15) is 0 Å². The lowest BCUT2D eigenvalue weighted by Gasteiger charge is -2.49. The molecule has 2 rings (SSSR count). The zero-order valence-electron chi connectivity index (χ0n) is 10.5. The van der Waals surface area contributed by atoms with Gasteiger partial charge in [0.2, 0.25) is 0 Å². The van der Waals surface area contributed by atoms with E-state index < -0.39 is 0 Å². The molecule has 1 nitrogen and oxygen atoms in total. The van der Waals surface area contributed by atoms with Crippen molar-refractivity contribution in [3.05, 3.63) is 11.6 Å². The molecule has 0 aromatic carbocycles. The van der Waals surface area contributed by atoms with E-state index in [2.05, 4.69) is 33.8 Å². The standard InChI is InChI=1S/C14H24O/c1-5-6-13-12-9-11(8-7-10(12)2)14(3,4)15-13/h7,11-13H,5-6,8-9H2,1-4H3/t11-,12-,13?/m1/s1. The third-order valence-electron chi connectivity index (χ3n) is 4.31. The topological polar surface area (TPSA) is 9.23 Å². The molecule has 1 heteroatoms. The first-order valence-electron chi connectivity index (χ1n) is 6.39. The zero-order valence-corrected chi connectivity index (χ0v) is 10.5. The van der Waals surface area contributed by atoms with Crippen molar-refractivity contribution in [2.24, 2.45) is 11.8 Å². The highest BCUT2D eigenvalue weighted by Crippen LogP contribution is 2.46. The fourth-order valence-corrected chi connectivity index (χ4v) is 3.19. The lowest BCUT2D eigenvalue weighted by Crippen LogP contribution is -2.49. The van der Waals surface area contributed by atoms with Crippen molar-refractivity contribution in [1.29, 1.82) is 0 Å². The van der Waals surface area contributed by atoms with Crippen molar-refractivity contribution in [2.45, 2.75) is 65.1 Å². The number of hydrogen-bond acceptors (Lipinski definition) is 1. The summed E-state index contributed by atoms with van der Waals surface area (Å²) in [5, 5.41) is 0. The van der Waals surface area contributed by atoms with Gasteiger partial charge in [0, 0.05) is 5.92 Å². The molecule has 1 aliphatic heterocycles. The van der Waals surface area contributed by atoms with Gasteiger partial charge in [-0.05, 0) is 46.0 Å². The average Bonchev–Trinajstić information content (AvgIpc) is 2.16. The smallest absolute Gasteiger partial charge is 0.0661 e. The van der Waals surface area contributed by atoms with E-state index in [1.165, 1.54) is 25.7 Å². The molecule has 0 aromatic heterocycles. The quantitative estimate of drug-likeness (QED) is 0.625. The van der Waals surface area contributed by atoms with Crippen LogP contribution in [0.4, 0.5) is 0 Å². The molecule has 1 fully saturated rings. The number of allylic oxidation sites excluding steroid dienone is 1. The molecule has 0 spiro atoms. The Morgan fingerprint density at radius 2 is 2.20 bits per heavy atom. The van der Waals surface area contributed by atoms with E-state index in [9.17, 15) is 0 Å². The Bertz CT molecular complexity index is 265. The minimum atomic E-state index is 0.0908. The van der Waals surface area contributed by atoms with Gasteiger partial charge in [0.15, 0.2) is 0 Å². The predicted molar refractivity (Wildman–Crippen MR) is 63.8 cm³/mol. The summed E-state index contributed by atoms with van der Waals surface area (Å²) >= 11 is 0. The summed E-state index contributed by atoms with van der Waals surface area (Å²) in [7, 11) is 0. The number of hydrogen-bond donors (Lipinski definition) is 0. The Morgan fingerprint density at radius 1 is 1.47 bits per heavy atom. The summed E-state index contributed by atoms with van der Waals surface area (Å²) in [5.74, 6) is 1.44. The summed E-state index contributed by atoms with van der Waals surface area (Å²) < 4.78 is 6.31. The normalized spacial score (nSPS) is 38.7. The maximum absolute atomic E-state index is 6.31. The molecule has 0 radical (unpaired) electrons. The molecule has 2 bridgehead atoms. The van der Waals surface area contributed by atoms with Crippen LogP contribution in [0.1, 0.15) is 53.4 Å². The van der Waals surface area contributed by atoms with E-state index in [-0.39, 0.29) is 5.60 Å². The minimum Gasteiger partial charge on any atom is -0.371 e. The summed E-state index contributed by atoms with van der Waals surface area (Å²) in [6, 6.07) is 0. The van der Waals surface area contributed by atoms with Crippen molar-refractivity contribution in [2.75, 3.05) is 0 Å². The van der Waals surface area contributed by atoms with Crippen molar-refractivity contribution in [3.63, 3.8) is 0 Å². The van der Waals surface area contributed by atoms with Crippen LogP contribution in [0.3, 0.4) is 0 Å². The van der Waals surface area contributed by atoms with Crippen LogP contribution in [0, 0.1) is 11.8 Å². The van der Waals surface area contributed by atoms with Gasteiger partial charge in [-0.25, -0.2) is 0 Å². The summed E-state index contributed by atoms with van der Waals surface area (Å²) in [4.78, 5) is 0. The molecule has 0 N–H and O–H groups in total. The molecule has 1 aliphatic carbocycles. The molecule has 1 saturated heterocycles. The highest BCUT2D eigenvalue weighted by Gasteiger charge is 2.44. The SMILES string of the molecule is CCCC1OC(C)(C)[C@@H]2CC=C(C)[C@H]1C2. The summed E-state index contributed by atoms with van der Waals surface area (Å²) in [6.07, 6.45) is 7.93. The highest BCUT2D eigenvalue weighted by atomic mass is 16.5. The second kappa shape index (κ2) is 3.93. The molecule has 1 heterocycles. The van der Waals surface area contributed by atoms with Gasteiger partial charge in [0.05, 0.1) is 11.7 Å². The fourth-order valence-electron chi connectivity index (χ4n) is 3.19. The van der Waals surface area contributed by atoms with E-state index in [0.29, 0.717) is 12.0 Å². The number of rotatable bonds is 2. The Kier molecular flexibility index (Phi) is 2.94. The van der Waals surface area contributed by atoms with Crippen molar-refractivity contribution >= 4 is 0 Å². The molecule has 0 aromatic rings. The Labute approximate surface area is 93.9 Å². The first-order chi connectivity index (χ1) is 7.04. The van der Waals surface area contributed by atoms with Crippen molar-refractivity contribution < 1.29 is 4.74 Å². The largest absolute Gasteiger partial charge is 0.371 e. The molecule has 2 aliphatic rings. The van der Waals surface area contributed by atoms with Gasteiger partial charge < -0.3 is 4.74 Å². The van der Waals surface area contributed by atoms with E-state index >= 15 is 0 Å². The summed E-state index contributed by atoms with van der Waals surface area (Å²) in [5.41, 5.74) is 1.66. The van der Waals surface area contributed by atoms with E-state index in [1.54, 1.807) is 5.57 Å². The van der Waals surface area contributed by atoms with Gasteiger partial charge >= 0.3 is 0 Å². The highest BCUT2D eigenvalue weighted by molar-refractivity contribution is 5.14. The van der Waals surface area contributed by atoms with Crippen LogP contribution in [-0.2, 0) is 4.74 Å². The van der Waals surface area contributed by atoms with E-state index in [1.807, 2.05) is 0 Å². The summed E-state index contributed by atoms with van der Waals surface area (Å²) in [6.45, 7) is 9.08. The first-order valence-corrected chi connectivity index (χ1v) is 6.39. The second-order valence-corrected chi connectivity index (χ2v) is 5.77. The maximum atomic E-state index is 6.31. The lowest BCUT2D eigenvalue weighted by molar-refractivity contribution is -0.165. The van der Waals surface area contributed by atoms with E-state index in [0.717, 1.165) is 5.92 Å².